The van der Waals surface area contributed by atoms with Gasteiger partial charge in [0.2, 0.25) is 0 Å². The summed E-state index contributed by atoms with van der Waals surface area (Å²) >= 11 is 0. The van der Waals surface area contributed by atoms with Crippen LogP contribution in [0.2, 0.25) is 0 Å². The van der Waals surface area contributed by atoms with Crippen molar-refractivity contribution in [3.05, 3.63) is 35.4 Å². The number of rotatable bonds is 11. The standard InChI is InChI=1S/C18H11F17O/c19-11(20,7-1-2-9-3-5-10(8-36)6-4-9)12(21,22)13(23,24)14(25,26)15(27,28)16(29,30)17(31,32)18(33,34)35/h3-6,8H,1-2,7H2. The monoisotopic (exact) mass is 566 g/mol. The van der Waals surface area contributed by atoms with Gasteiger partial charge in [0, 0.05) is 12.0 Å². The summed E-state index contributed by atoms with van der Waals surface area (Å²) < 4.78 is 224. The fourth-order valence-corrected chi connectivity index (χ4v) is 2.63. The van der Waals surface area contributed by atoms with E-state index < -0.39 is 66.9 Å². The molecule has 1 aromatic carbocycles. The van der Waals surface area contributed by atoms with Gasteiger partial charge < -0.3 is 0 Å². The molecule has 208 valence electrons. The summed E-state index contributed by atoms with van der Waals surface area (Å²) in [5, 5.41) is 0. The van der Waals surface area contributed by atoms with Crippen molar-refractivity contribution in [1.82, 2.24) is 0 Å². The molecular weight excluding hydrogens is 555 g/mol. The van der Waals surface area contributed by atoms with Gasteiger partial charge in [0.25, 0.3) is 0 Å². The van der Waals surface area contributed by atoms with Crippen LogP contribution in [-0.2, 0) is 6.42 Å². The maximum Gasteiger partial charge on any atom is 0.460 e. The van der Waals surface area contributed by atoms with Crippen LogP contribution in [0.4, 0.5) is 74.6 Å². The quantitative estimate of drug-likeness (QED) is 0.197. The predicted octanol–water partition coefficient (Wildman–Crippen LogP) is 7.83. The topological polar surface area (TPSA) is 17.1 Å². The van der Waals surface area contributed by atoms with Crippen LogP contribution < -0.4 is 0 Å². The molecule has 1 nitrogen and oxygen atoms in total. The number of carbonyl (C=O) groups excluding carboxylic acids is 1. The van der Waals surface area contributed by atoms with Crippen molar-refractivity contribution in [2.24, 2.45) is 0 Å². The molecule has 18 heteroatoms. The minimum atomic E-state index is -8.62. The molecule has 0 radical (unpaired) electrons. The van der Waals surface area contributed by atoms with E-state index in [1.165, 1.54) is 0 Å². The van der Waals surface area contributed by atoms with Crippen molar-refractivity contribution in [3.8, 4) is 0 Å². The number of benzene rings is 1. The third-order valence-electron chi connectivity index (χ3n) is 4.86. The zero-order chi connectivity index (χ0) is 28.8. The van der Waals surface area contributed by atoms with Crippen molar-refractivity contribution in [2.45, 2.75) is 66.9 Å². The average molecular weight is 566 g/mol. The lowest BCUT2D eigenvalue weighted by atomic mass is 9.87. The Balaban J connectivity index is 3.31. The molecule has 0 aliphatic heterocycles. The van der Waals surface area contributed by atoms with Gasteiger partial charge in [-0.15, -0.1) is 0 Å². The first-order chi connectivity index (χ1) is 15.8. The first-order valence-corrected chi connectivity index (χ1v) is 9.02. The molecule has 0 heterocycles. The van der Waals surface area contributed by atoms with Crippen molar-refractivity contribution in [1.29, 1.82) is 0 Å². The highest BCUT2D eigenvalue weighted by atomic mass is 19.4. The van der Waals surface area contributed by atoms with Crippen LogP contribution in [0, 0.1) is 0 Å². The molecule has 0 fully saturated rings. The van der Waals surface area contributed by atoms with Gasteiger partial charge in [0.15, 0.2) is 0 Å². The number of carbonyl (C=O) groups is 1. The summed E-state index contributed by atoms with van der Waals surface area (Å²) in [4.78, 5) is 10.5. The van der Waals surface area contributed by atoms with E-state index in [1.54, 1.807) is 0 Å². The molecule has 36 heavy (non-hydrogen) atoms. The molecule has 0 atom stereocenters. The number of aldehydes is 1. The molecule has 0 aliphatic carbocycles. The largest absolute Gasteiger partial charge is 0.460 e. The van der Waals surface area contributed by atoms with Crippen LogP contribution in [0.15, 0.2) is 24.3 Å². The van der Waals surface area contributed by atoms with Gasteiger partial charge >= 0.3 is 47.6 Å². The summed E-state index contributed by atoms with van der Waals surface area (Å²) in [6, 6.07) is 4.30. The van der Waals surface area contributed by atoms with Crippen LogP contribution in [0.25, 0.3) is 0 Å². The molecule has 0 bridgehead atoms. The minimum absolute atomic E-state index is 0.00244. The fourth-order valence-electron chi connectivity index (χ4n) is 2.63. The summed E-state index contributed by atoms with van der Waals surface area (Å²) in [7, 11) is 0. The Kier molecular flexibility index (Phi) is 8.13. The van der Waals surface area contributed by atoms with Gasteiger partial charge in [-0.2, -0.15) is 74.6 Å². The van der Waals surface area contributed by atoms with E-state index in [0.29, 0.717) is 6.29 Å². The average Bonchev–Trinajstić information content (AvgIpc) is 2.72. The maximum atomic E-state index is 13.8. The number of hydrogen-bond acceptors (Lipinski definition) is 1. The number of hydrogen-bond donors (Lipinski definition) is 0. The lowest BCUT2D eigenvalue weighted by molar-refractivity contribution is -0.461. The first-order valence-electron chi connectivity index (χ1n) is 9.02. The Bertz CT molecular complexity index is 915. The second-order valence-corrected chi connectivity index (χ2v) is 7.36. The molecule has 1 aromatic rings. The highest BCUT2D eigenvalue weighted by molar-refractivity contribution is 5.74. The van der Waals surface area contributed by atoms with E-state index in [1.807, 2.05) is 0 Å². The van der Waals surface area contributed by atoms with E-state index in [-0.39, 0.29) is 11.1 Å². The zero-order valence-corrected chi connectivity index (χ0v) is 16.8. The van der Waals surface area contributed by atoms with E-state index in [4.69, 9.17) is 0 Å². The normalized spacial score (nSPS) is 15.2. The molecule has 0 spiro atoms. The molecule has 0 amide bonds. The Morgan fingerprint density at radius 1 is 0.528 bits per heavy atom. The van der Waals surface area contributed by atoms with Gasteiger partial charge in [-0.1, -0.05) is 24.3 Å². The second-order valence-electron chi connectivity index (χ2n) is 7.36. The van der Waals surface area contributed by atoms with E-state index in [0.717, 1.165) is 24.3 Å². The molecule has 1 rings (SSSR count). The summed E-state index contributed by atoms with van der Waals surface area (Å²) in [6.07, 6.45) is -11.9. The molecule has 0 N–H and O–H groups in total. The molecule has 0 saturated heterocycles. The summed E-state index contributed by atoms with van der Waals surface area (Å²) in [6.45, 7) is 0. The first kappa shape index (κ1) is 31.7. The highest BCUT2D eigenvalue weighted by Gasteiger charge is 2.95. The van der Waals surface area contributed by atoms with Crippen molar-refractivity contribution < 1.29 is 79.4 Å². The van der Waals surface area contributed by atoms with Crippen LogP contribution >= 0.6 is 0 Å². The van der Waals surface area contributed by atoms with E-state index >= 15 is 0 Å². The lowest BCUT2D eigenvalue weighted by Crippen LogP contribution is -2.74. The SMILES string of the molecule is O=Cc1ccc(CCCC(F)(F)C(F)(F)C(F)(F)C(F)(F)C(F)(F)C(F)(F)C(F)(F)C(F)(F)F)cc1. The van der Waals surface area contributed by atoms with Crippen LogP contribution in [0.3, 0.4) is 0 Å². The molecule has 0 saturated carbocycles. The van der Waals surface area contributed by atoms with E-state index in [9.17, 15) is 79.4 Å². The third kappa shape index (κ3) is 4.70. The van der Waals surface area contributed by atoms with Crippen LogP contribution in [-0.4, -0.2) is 53.9 Å². The Morgan fingerprint density at radius 3 is 1.25 bits per heavy atom. The minimum Gasteiger partial charge on any atom is -0.298 e. The molecule has 0 aromatic heterocycles. The maximum absolute atomic E-state index is 13.8. The fraction of sp³-hybridized carbons (Fsp3) is 0.611. The number of alkyl halides is 17. The van der Waals surface area contributed by atoms with Gasteiger partial charge in [-0.25, -0.2) is 0 Å². The van der Waals surface area contributed by atoms with Crippen LogP contribution in [0.1, 0.15) is 28.8 Å². The van der Waals surface area contributed by atoms with E-state index in [2.05, 4.69) is 0 Å². The third-order valence-corrected chi connectivity index (χ3v) is 4.86. The lowest BCUT2D eigenvalue weighted by Gasteiger charge is -2.42. The van der Waals surface area contributed by atoms with Crippen LogP contribution in [0.5, 0.6) is 0 Å². The smallest absolute Gasteiger partial charge is 0.298 e. The molecule has 0 aliphatic rings. The van der Waals surface area contributed by atoms with Crippen molar-refractivity contribution in [3.63, 3.8) is 0 Å². The van der Waals surface area contributed by atoms with Gasteiger partial charge in [-0.3, -0.25) is 4.79 Å². The molecule has 0 unspecified atom stereocenters. The Labute approximate surface area is 189 Å². The Morgan fingerprint density at radius 2 is 0.889 bits per heavy atom. The number of halogens is 17. The zero-order valence-electron chi connectivity index (χ0n) is 16.8. The second kappa shape index (κ2) is 9.22. The van der Waals surface area contributed by atoms with Gasteiger partial charge in [0.1, 0.15) is 6.29 Å². The van der Waals surface area contributed by atoms with Crippen molar-refractivity contribution >= 4 is 6.29 Å². The van der Waals surface area contributed by atoms with Gasteiger partial charge in [0.05, 0.1) is 0 Å². The molecular formula is C18H11F17O. The summed E-state index contributed by atoms with van der Waals surface area (Å²) in [5.41, 5.74) is 0.0451. The summed E-state index contributed by atoms with van der Waals surface area (Å²) in [5.74, 6) is -56.2. The van der Waals surface area contributed by atoms with Gasteiger partial charge in [-0.05, 0) is 18.4 Å². The predicted molar refractivity (Wildman–Crippen MR) is 85.5 cm³/mol. The Hall–Kier alpha value is -2.30. The van der Waals surface area contributed by atoms with Crippen molar-refractivity contribution in [2.75, 3.05) is 0 Å². The highest BCUT2D eigenvalue weighted by Crippen LogP contribution is 2.64. The number of aryl methyl sites for hydroxylation is 1.